The fourth-order valence-electron chi connectivity index (χ4n) is 0.735. The van der Waals surface area contributed by atoms with Gasteiger partial charge in [0.05, 0.1) is 3.57 Å². The Morgan fingerprint density at radius 3 is 2.25 bits per heavy atom. The predicted molar refractivity (Wildman–Crippen MR) is 56.8 cm³/mol. The van der Waals surface area contributed by atoms with E-state index in [1.807, 2.05) is 0 Å². The normalized spacial score (nSPS) is 10.8. The highest BCUT2D eigenvalue weighted by Crippen LogP contribution is 2.28. The van der Waals surface area contributed by atoms with Crippen LogP contribution in [0.2, 0.25) is 0 Å². The lowest BCUT2D eigenvalue weighted by Crippen LogP contribution is -1.94. The highest BCUT2D eigenvalue weighted by Gasteiger charge is 2.15. The molecule has 0 aromatic heterocycles. The molecular formula is C7H3F3I2. The predicted octanol–water partition coefficient (Wildman–Crippen LogP) is 3.97. The van der Waals surface area contributed by atoms with Gasteiger partial charge in [0.15, 0.2) is 0 Å². The smallest absolute Gasteiger partial charge is 0.206 e. The first-order valence-corrected chi connectivity index (χ1v) is 5.10. The average Bonchev–Trinajstić information content (AvgIpc) is 1.96. The van der Waals surface area contributed by atoms with Gasteiger partial charge in [-0.2, -0.15) is 0 Å². The number of benzene rings is 1. The zero-order valence-electron chi connectivity index (χ0n) is 5.62. The molecule has 0 aliphatic carbocycles. The van der Waals surface area contributed by atoms with E-state index in [1.165, 1.54) is 12.1 Å². The maximum absolute atomic E-state index is 12.9. The van der Waals surface area contributed by atoms with Crippen LogP contribution in [0.25, 0.3) is 0 Å². The summed E-state index contributed by atoms with van der Waals surface area (Å²) in [5, 5.41) is 0. The molecule has 0 amide bonds. The van der Waals surface area contributed by atoms with Gasteiger partial charge in [-0.1, -0.05) is 0 Å². The van der Waals surface area contributed by atoms with Gasteiger partial charge in [0.2, 0.25) is 0 Å². The van der Waals surface area contributed by atoms with Crippen LogP contribution in [0.1, 0.15) is 12.0 Å². The highest BCUT2D eigenvalue weighted by atomic mass is 127. The summed E-state index contributed by atoms with van der Waals surface area (Å²) in [6.07, 6.45) is -2.61. The van der Waals surface area contributed by atoms with Crippen molar-refractivity contribution < 1.29 is 13.2 Å². The standard InChI is InChI=1S/C7H3F3I2/c8-5-2-3(11)1-4(6(5)12)7(9)10/h1-2,7H. The molecule has 0 nitrogen and oxygen atoms in total. The summed E-state index contributed by atoms with van der Waals surface area (Å²) in [6.45, 7) is 0. The van der Waals surface area contributed by atoms with Crippen molar-refractivity contribution in [3.05, 3.63) is 30.7 Å². The second kappa shape index (κ2) is 4.12. The zero-order chi connectivity index (χ0) is 9.30. The fraction of sp³-hybridized carbons (Fsp3) is 0.143. The largest absolute Gasteiger partial charge is 0.265 e. The average molecular weight is 398 g/mol. The molecular weight excluding hydrogens is 395 g/mol. The molecule has 0 heterocycles. The third kappa shape index (κ3) is 2.24. The van der Waals surface area contributed by atoms with Crippen molar-refractivity contribution in [1.29, 1.82) is 0 Å². The Bertz CT molecular complexity index is 299. The number of rotatable bonds is 1. The van der Waals surface area contributed by atoms with Crippen molar-refractivity contribution in [2.45, 2.75) is 6.43 Å². The highest BCUT2D eigenvalue weighted by molar-refractivity contribution is 14.1. The Labute approximate surface area is 94.8 Å². The second-order valence-corrected chi connectivity index (χ2v) is 4.42. The van der Waals surface area contributed by atoms with Gasteiger partial charge in [-0.3, -0.25) is 0 Å². The van der Waals surface area contributed by atoms with Gasteiger partial charge in [0, 0.05) is 9.13 Å². The van der Waals surface area contributed by atoms with E-state index in [0.717, 1.165) is 0 Å². The van der Waals surface area contributed by atoms with Crippen LogP contribution in [-0.4, -0.2) is 0 Å². The monoisotopic (exact) mass is 398 g/mol. The molecule has 0 atom stereocenters. The van der Waals surface area contributed by atoms with Gasteiger partial charge < -0.3 is 0 Å². The van der Waals surface area contributed by atoms with E-state index in [-0.39, 0.29) is 9.13 Å². The van der Waals surface area contributed by atoms with Crippen molar-refractivity contribution in [3.8, 4) is 0 Å². The number of hydrogen-bond donors (Lipinski definition) is 0. The minimum absolute atomic E-state index is 0.00279. The first kappa shape index (κ1) is 10.6. The maximum atomic E-state index is 12.9. The molecule has 0 N–H and O–H groups in total. The second-order valence-electron chi connectivity index (χ2n) is 2.09. The van der Waals surface area contributed by atoms with Crippen molar-refractivity contribution in [2.24, 2.45) is 0 Å². The quantitative estimate of drug-likeness (QED) is 0.497. The van der Waals surface area contributed by atoms with Gasteiger partial charge in [0.1, 0.15) is 5.82 Å². The van der Waals surface area contributed by atoms with Crippen LogP contribution in [0.5, 0.6) is 0 Å². The van der Waals surface area contributed by atoms with E-state index >= 15 is 0 Å². The minimum atomic E-state index is -2.61. The van der Waals surface area contributed by atoms with Gasteiger partial charge in [0.25, 0.3) is 6.43 Å². The van der Waals surface area contributed by atoms with Crippen molar-refractivity contribution in [3.63, 3.8) is 0 Å². The Balaban J connectivity index is 3.28. The van der Waals surface area contributed by atoms with E-state index in [9.17, 15) is 13.2 Å². The van der Waals surface area contributed by atoms with E-state index in [2.05, 4.69) is 0 Å². The minimum Gasteiger partial charge on any atom is -0.206 e. The Morgan fingerprint density at radius 1 is 1.17 bits per heavy atom. The SMILES string of the molecule is Fc1cc(I)cc(C(F)F)c1I. The summed E-state index contributed by atoms with van der Waals surface area (Å²) in [5.41, 5.74) is -0.236. The van der Waals surface area contributed by atoms with Crippen LogP contribution in [0.4, 0.5) is 13.2 Å². The van der Waals surface area contributed by atoms with E-state index in [1.54, 1.807) is 45.2 Å². The topological polar surface area (TPSA) is 0 Å². The molecule has 0 saturated heterocycles. The van der Waals surface area contributed by atoms with E-state index < -0.39 is 12.2 Å². The first-order valence-electron chi connectivity index (χ1n) is 2.95. The van der Waals surface area contributed by atoms with Crippen LogP contribution < -0.4 is 0 Å². The first-order chi connectivity index (χ1) is 5.52. The molecule has 0 aliphatic rings. The van der Waals surface area contributed by atoms with Gasteiger partial charge >= 0.3 is 0 Å². The summed E-state index contributed by atoms with van der Waals surface area (Å²) in [6, 6.07) is 2.52. The Kier molecular flexibility index (Phi) is 3.62. The molecule has 0 spiro atoms. The molecule has 0 fully saturated rings. The summed E-state index contributed by atoms with van der Waals surface area (Å²) in [4.78, 5) is 0. The van der Waals surface area contributed by atoms with E-state index in [0.29, 0.717) is 3.57 Å². The van der Waals surface area contributed by atoms with Crippen LogP contribution in [0, 0.1) is 13.0 Å². The lowest BCUT2D eigenvalue weighted by atomic mass is 10.2. The summed E-state index contributed by atoms with van der Waals surface area (Å²) < 4.78 is 37.8. The lowest BCUT2D eigenvalue weighted by Gasteiger charge is -2.04. The summed E-state index contributed by atoms with van der Waals surface area (Å²) in [7, 11) is 0. The Hall–Kier alpha value is 0.470. The zero-order valence-corrected chi connectivity index (χ0v) is 9.94. The number of hydrogen-bond acceptors (Lipinski definition) is 0. The summed E-state index contributed by atoms with van der Waals surface area (Å²) >= 11 is 3.38. The van der Waals surface area contributed by atoms with Gasteiger partial charge in [-0.05, 0) is 57.3 Å². The molecule has 1 aromatic rings. The van der Waals surface area contributed by atoms with Crippen LogP contribution in [-0.2, 0) is 0 Å². The molecule has 0 aliphatic heterocycles. The van der Waals surface area contributed by atoms with Gasteiger partial charge in [-0.15, -0.1) is 0 Å². The Morgan fingerprint density at radius 2 is 1.75 bits per heavy atom. The third-order valence-corrected chi connectivity index (χ3v) is 3.02. The van der Waals surface area contributed by atoms with Crippen molar-refractivity contribution in [1.82, 2.24) is 0 Å². The molecule has 0 saturated carbocycles. The van der Waals surface area contributed by atoms with Crippen molar-refractivity contribution >= 4 is 45.2 Å². The molecule has 0 radical (unpaired) electrons. The van der Waals surface area contributed by atoms with E-state index in [4.69, 9.17) is 0 Å². The fourth-order valence-corrected chi connectivity index (χ4v) is 1.89. The van der Waals surface area contributed by atoms with Crippen LogP contribution in [0.15, 0.2) is 12.1 Å². The molecule has 1 aromatic carbocycles. The molecule has 1 rings (SSSR count). The van der Waals surface area contributed by atoms with Gasteiger partial charge in [-0.25, -0.2) is 13.2 Å². The molecule has 66 valence electrons. The molecule has 0 unspecified atom stereocenters. The van der Waals surface area contributed by atoms with Crippen LogP contribution in [0.3, 0.4) is 0 Å². The molecule has 12 heavy (non-hydrogen) atoms. The molecule has 5 heteroatoms. The summed E-state index contributed by atoms with van der Waals surface area (Å²) in [5.74, 6) is -0.585. The molecule has 0 bridgehead atoms. The third-order valence-electron chi connectivity index (χ3n) is 1.26. The van der Waals surface area contributed by atoms with Crippen LogP contribution >= 0.6 is 45.2 Å². The maximum Gasteiger partial charge on any atom is 0.265 e. The number of halogens is 5. The lowest BCUT2D eigenvalue weighted by molar-refractivity contribution is 0.149. The number of alkyl halides is 2. The van der Waals surface area contributed by atoms with Crippen molar-refractivity contribution in [2.75, 3.05) is 0 Å².